The lowest BCUT2D eigenvalue weighted by molar-refractivity contribution is -0.117. The third-order valence-electron chi connectivity index (χ3n) is 4.70. The first-order valence-electron chi connectivity index (χ1n) is 9.03. The molecule has 2 aromatic rings. The van der Waals surface area contributed by atoms with E-state index >= 15 is 0 Å². The van der Waals surface area contributed by atoms with Crippen LogP contribution in [0.5, 0.6) is 11.5 Å². The van der Waals surface area contributed by atoms with Crippen LogP contribution in [0.4, 0.5) is 5.69 Å². The third kappa shape index (κ3) is 4.55. The molecule has 0 aliphatic carbocycles. The van der Waals surface area contributed by atoms with Crippen molar-refractivity contribution < 1.29 is 18.7 Å². The number of piperazine rings is 1. The molecule has 1 N–H and O–H groups in total. The highest BCUT2D eigenvalue weighted by Crippen LogP contribution is 2.37. The first kappa shape index (κ1) is 18.2. The zero-order valence-corrected chi connectivity index (χ0v) is 15.7. The maximum atomic E-state index is 12.4. The maximum Gasteiger partial charge on any atom is 0.238 e. The standard InChI is InChI=1S/C19H22ClN3O4/c20-15-10-17-18(27-9-8-26-17)11-16(15)21-19(24)13-23-5-3-22(4-6-23)12-14-2-1-7-25-14/h1-2,7,10-11H,3-6,8-9,12-13H2,(H,21,24). The van der Waals surface area contributed by atoms with Gasteiger partial charge < -0.3 is 19.2 Å². The Morgan fingerprint density at radius 1 is 1.07 bits per heavy atom. The summed E-state index contributed by atoms with van der Waals surface area (Å²) in [5.74, 6) is 2.09. The lowest BCUT2D eigenvalue weighted by atomic mass is 10.2. The van der Waals surface area contributed by atoms with E-state index < -0.39 is 0 Å². The van der Waals surface area contributed by atoms with Crippen molar-refractivity contribution in [1.82, 2.24) is 9.80 Å². The van der Waals surface area contributed by atoms with Crippen molar-refractivity contribution >= 4 is 23.2 Å². The minimum Gasteiger partial charge on any atom is -0.486 e. The molecule has 0 bridgehead atoms. The Kier molecular flexibility index (Phi) is 5.52. The Morgan fingerprint density at radius 2 is 1.78 bits per heavy atom. The molecule has 2 aliphatic rings. The highest BCUT2D eigenvalue weighted by atomic mass is 35.5. The molecule has 1 aromatic heterocycles. The Morgan fingerprint density at radius 3 is 2.48 bits per heavy atom. The van der Waals surface area contributed by atoms with Crippen LogP contribution in [-0.4, -0.2) is 61.6 Å². The fourth-order valence-corrected chi connectivity index (χ4v) is 3.48. The van der Waals surface area contributed by atoms with Crippen LogP contribution in [0.2, 0.25) is 5.02 Å². The van der Waals surface area contributed by atoms with E-state index in [9.17, 15) is 4.79 Å². The molecule has 0 unspecified atom stereocenters. The fourth-order valence-electron chi connectivity index (χ4n) is 3.28. The molecule has 2 aliphatic heterocycles. The summed E-state index contributed by atoms with van der Waals surface area (Å²) in [5.41, 5.74) is 0.544. The lowest BCUT2D eigenvalue weighted by Crippen LogP contribution is -2.48. The summed E-state index contributed by atoms with van der Waals surface area (Å²) >= 11 is 6.26. The number of furan rings is 1. The van der Waals surface area contributed by atoms with E-state index in [0.29, 0.717) is 42.0 Å². The smallest absolute Gasteiger partial charge is 0.238 e. The second-order valence-electron chi connectivity index (χ2n) is 6.66. The fraction of sp³-hybridized carbons (Fsp3) is 0.421. The van der Waals surface area contributed by atoms with Crippen molar-refractivity contribution in [3.63, 3.8) is 0 Å². The van der Waals surface area contributed by atoms with Crippen LogP contribution >= 0.6 is 11.6 Å². The van der Waals surface area contributed by atoms with E-state index in [0.717, 1.165) is 38.5 Å². The summed E-state index contributed by atoms with van der Waals surface area (Å²) in [6, 6.07) is 7.28. The number of nitrogens with zero attached hydrogens (tertiary/aromatic N) is 2. The van der Waals surface area contributed by atoms with Crippen molar-refractivity contribution in [1.29, 1.82) is 0 Å². The van der Waals surface area contributed by atoms with Crippen LogP contribution < -0.4 is 14.8 Å². The van der Waals surface area contributed by atoms with Gasteiger partial charge in [0.05, 0.1) is 30.1 Å². The van der Waals surface area contributed by atoms with Crippen LogP contribution in [0, 0.1) is 0 Å². The monoisotopic (exact) mass is 391 g/mol. The van der Waals surface area contributed by atoms with Crippen molar-refractivity contribution in [2.75, 3.05) is 51.3 Å². The van der Waals surface area contributed by atoms with Gasteiger partial charge in [-0.3, -0.25) is 14.6 Å². The van der Waals surface area contributed by atoms with Gasteiger partial charge in [0.1, 0.15) is 19.0 Å². The molecule has 3 heterocycles. The van der Waals surface area contributed by atoms with Crippen molar-refractivity contribution in [3.05, 3.63) is 41.3 Å². The Bertz CT molecular complexity index is 789. The predicted molar refractivity (Wildman–Crippen MR) is 101 cm³/mol. The van der Waals surface area contributed by atoms with Gasteiger partial charge in [0, 0.05) is 38.3 Å². The van der Waals surface area contributed by atoms with Crippen LogP contribution in [-0.2, 0) is 11.3 Å². The molecule has 4 rings (SSSR count). The molecule has 1 saturated heterocycles. The Labute approximate surface area is 162 Å². The quantitative estimate of drug-likeness (QED) is 0.844. The third-order valence-corrected chi connectivity index (χ3v) is 5.01. The molecule has 1 amide bonds. The average molecular weight is 392 g/mol. The number of carbonyl (C=O) groups excluding carboxylic acids is 1. The van der Waals surface area contributed by atoms with E-state index in [1.807, 2.05) is 12.1 Å². The zero-order chi connectivity index (χ0) is 18.6. The summed E-state index contributed by atoms with van der Waals surface area (Å²) in [6.45, 7) is 5.61. The minimum atomic E-state index is -0.0898. The molecule has 0 radical (unpaired) electrons. The van der Waals surface area contributed by atoms with E-state index in [2.05, 4.69) is 15.1 Å². The molecule has 0 spiro atoms. The van der Waals surface area contributed by atoms with E-state index in [-0.39, 0.29) is 5.91 Å². The van der Waals surface area contributed by atoms with Crippen LogP contribution in [0.1, 0.15) is 5.76 Å². The molecule has 1 aromatic carbocycles. The number of rotatable bonds is 5. The van der Waals surface area contributed by atoms with Crippen molar-refractivity contribution in [2.45, 2.75) is 6.54 Å². The molecule has 1 fully saturated rings. The zero-order valence-electron chi connectivity index (χ0n) is 14.9. The number of fused-ring (bicyclic) bond motifs is 1. The van der Waals surface area contributed by atoms with Crippen molar-refractivity contribution in [3.8, 4) is 11.5 Å². The van der Waals surface area contributed by atoms with E-state index in [1.165, 1.54) is 0 Å². The highest BCUT2D eigenvalue weighted by molar-refractivity contribution is 6.34. The van der Waals surface area contributed by atoms with E-state index in [4.69, 9.17) is 25.5 Å². The van der Waals surface area contributed by atoms with Gasteiger partial charge in [-0.25, -0.2) is 0 Å². The Balaban J connectivity index is 1.28. The van der Waals surface area contributed by atoms with Gasteiger partial charge in [0.2, 0.25) is 5.91 Å². The summed E-state index contributed by atoms with van der Waals surface area (Å²) in [5, 5.41) is 3.32. The largest absolute Gasteiger partial charge is 0.486 e. The molecule has 144 valence electrons. The Hall–Kier alpha value is -2.22. The second-order valence-corrected chi connectivity index (χ2v) is 7.06. The summed E-state index contributed by atoms with van der Waals surface area (Å²) < 4.78 is 16.4. The first-order valence-corrected chi connectivity index (χ1v) is 9.41. The highest BCUT2D eigenvalue weighted by Gasteiger charge is 2.21. The summed E-state index contributed by atoms with van der Waals surface area (Å²) in [7, 11) is 0. The van der Waals surface area contributed by atoms with Gasteiger partial charge in [0.15, 0.2) is 11.5 Å². The number of hydrogen-bond donors (Lipinski definition) is 1. The van der Waals surface area contributed by atoms with Gasteiger partial charge in [-0.1, -0.05) is 11.6 Å². The number of anilines is 1. The lowest BCUT2D eigenvalue weighted by Gasteiger charge is -2.33. The topological polar surface area (TPSA) is 67.2 Å². The minimum absolute atomic E-state index is 0.0898. The number of amides is 1. The van der Waals surface area contributed by atoms with Gasteiger partial charge in [0.25, 0.3) is 0 Å². The van der Waals surface area contributed by atoms with Gasteiger partial charge in [-0.05, 0) is 12.1 Å². The van der Waals surface area contributed by atoms with Crippen LogP contribution in [0.15, 0.2) is 34.9 Å². The van der Waals surface area contributed by atoms with Crippen LogP contribution in [0.3, 0.4) is 0 Å². The molecule has 7 nitrogen and oxygen atoms in total. The predicted octanol–water partition coefficient (Wildman–Crippen LogP) is 2.46. The summed E-state index contributed by atoms with van der Waals surface area (Å²) in [6.07, 6.45) is 1.69. The molecule has 8 heteroatoms. The summed E-state index contributed by atoms with van der Waals surface area (Å²) in [4.78, 5) is 16.9. The molecule has 0 atom stereocenters. The second kappa shape index (κ2) is 8.21. The normalized spacial score (nSPS) is 17.7. The van der Waals surface area contributed by atoms with Crippen LogP contribution in [0.25, 0.3) is 0 Å². The maximum absolute atomic E-state index is 12.4. The average Bonchev–Trinajstić information content (AvgIpc) is 3.17. The van der Waals surface area contributed by atoms with Gasteiger partial charge in [-0.15, -0.1) is 0 Å². The molecule has 0 saturated carbocycles. The number of halogens is 1. The van der Waals surface area contributed by atoms with Gasteiger partial charge >= 0.3 is 0 Å². The number of nitrogens with one attached hydrogen (secondary N) is 1. The van der Waals surface area contributed by atoms with E-state index in [1.54, 1.807) is 18.4 Å². The van der Waals surface area contributed by atoms with Crippen molar-refractivity contribution in [2.24, 2.45) is 0 Å². The number of carbonyl (C=O) groups is 1. The molecular formula is C19H22ClN3O4. The molecule has 27 heavy (non-hydrogen) atoms. The SMILES string of the molecule is O=C(CN1CCN(Cc2ccco2)CC1)Nc1cc2c(cc1Cl)OCCO2. The first-order chi connectivity index (χ1) is 13.2. The van der Waals surface area contributed by atoms with Gasteiger partial charge in [-0.2, -0.15) is 0 Å². The number of ether oxygens (including phenoxy) is 2. The number of benzene rings is 1. The number of hydrogen-bond acceptors (Lipinski definition) is 6. The molecular weight excluding hydrogens is 370 g/mol.